The molecule has 0 bridgehead atoms. The maximum atomic E-state index is 12.0. The Morgan fingerprint density at radius 3 is 2.65 bits per heavy atom. The third kappa shape index (κ3) is 2.59. The van der Waals surface area contributed by atoms with Crippen molar-refractivity contribution in [3.63, 3.8) is 0 Å². The highest BCUT2D eigenvalue weighted by atomic mass is 35.5. The average molecular weight is 272 g/mol. The lowest BCUT2D eigenvalue weighted by atomic mass is 10.4. The molecule has 0 saturated carbocycles. The summed E-state index contributed by atoms with van der Waals surface area (Å²) in [6.07, 6.45) is 0. The minimum atomic E-state index is -3.70. The Morgan fingerprint density at radius 2 is 2.06 bits per heavy atom. The molecule has 0 spiro atoms. The van der Waals surface area contributed by atoms with Gasteiger partial charge in [-0.1, -0.05) is 23.7 Å². The summed E-state index contributed by atoms with van der Waals surface area (Å²) in [4.78, 5) is 0.0299. The fourth-order valence-electron chi connectivity index (χ4n) is 1.33. The fourth-order valence-corrected chi connectivity index (χ4v) is 2.84. The van der Waals surface area contributed by atoms with Gasteiger partial charge >= 0.3 is 0 Å². The van der Waals surface area contributed by atoms with E-state index in [9.17, 15) is 8.42 Å². The van der Waals surface area contributed by atoms with E-state index in [2.05, 4.69) is 14.9 Å². The zero-order valence-corrected chi connectivity index (χ0v) is 10.5. The average Bonchev–Trinajstić information content (AvgIpc) is 2.63. The van der Waals surface area contributed by atoms with Crippen LogP contribution in [0.3, 0.4) is 0 Å². The van der Waals surface area contributed by atoms with Gasteiger partial charge in [0.25, 0.3) is 10.0 Å². The van der Waals surface area contributed by atoms with Gasteiger partial charge in [-0.2, -0.15) is 5.10 Å². The van der Waals surface area contributed by atoms with Crippen molar-refractivity contribution in [2.45, 2.75) is 11.8 Å². The van der Waals surface area contributed by atoms with Gasteiger partial charge in [-0.3, -0.25) is 9.82 Å². The summed E-state index contributed by atoms with van der Waals surface area (Å²) < 4.78 is 26.3. The molecule has 5 nitrogen and oxygen atoms in total. The molecule has 0 aliphatic carbocycles. The van der Waals surface area contributed by atoms with Crippen LogP contribution in [-0.4, -0.2) is 18.6 Å². The van der Waals surface area contributed by atoms with Crippen LogP contribution in [0.25, 0.3) is 0 Å². The number of rotatable bonds is 3. The quantitative estimate of drug-likeness (QED) is 0.898. The van der Waals surface area contributed by atoms with E-state index in [0.29, 0.717) is 0 Å². The number of benzene rings is 1. The van der Waals surface area contributed by atoms with Crippen LogP contribution in [-0.2, 0) is 10.0 Å². The maximum Gasteiger partial charge on any atom is 0.264 e. The lowest BCUT2D eigenvalue weighted by Gasteiger charge is -2.06. The third-order valence-corrected chi connectivity index (χ3v) is 3.93. The molecule has 0 radical (unpaired) electrons. The van der Waals surface area contributed by atoms with Crippen molar-refractivity contribution >= 4 is 27.4 Å². The van der Waals surface area contributed by atoms with Crippen LogP contribution in [0.4, 0.5) is 5.82 Å². The monoisotopic (exact) mass is 271 g/mol. The highest BCUT2D eigenvalue weighted by molar-refractivity contribution is 7.92. The van der Waals surface area contributed by atoms with Gasteiger partial charge in [0.15, 0.2) is 5.82 Å². The van der Waals surface area contributed by atoms with Crippen LogP contribution in [0, 0.1) is 6.92 Å². The van der Waals surface area contributed by atoms with Crippen molar-refractivity contribution in [2.75, 3.05) is 4.72 Å². The number of halogens is 1. The molecule has 1 heterocycles. The molecular weight excluding hydrogens is 262 g/mol. The number of hydrogen-bond donors (Lipinski definition) is 2. The Morgan fingerprint density at radius 1 is 1.35 bits per heavy atom. The van der Waals surface area contributed by atoms with Crippen LogP contribution in [0.15, 0.2) is 35.2 Å². The molecule has 0 aliphatic rings. The van der Waals surface area contributed by atoms with Gasteiger partial charge in [0.2, 0.25) is 0 Å². The van der Waals surface area contributed by atoms with Crippen LogP contribution in [0.5, 0.6) is 0 Å². The minimum Gasteiger partial charge on any atom is -0.281 e. The summed E-state index contributed by atoms with van der Waals surface area (Å²) in [5.41, 5.74) is 0.766. The molecule has 90 valence electrons. The lowest BCUT2D eigenvalue weighted by Crippen LogP contribution is -2.13. The smallest absolute Gasteiger partial charge is 0.264 e. The molecule has 7 heteroatoms. The van der Waals surface area contributed by atoms with Gasteiger partial charge in [0.1, 0.15) is 4.90 Å². The van der Waals surface area contributed by atoms with Crippen molar-refractivity contribution in [1.82, 2.24) is 10.2 Å². The lowest BCUT2D eigenvalue weighted by molar-refractivity contribution is 0.601. The number of nitrogens with one attached hydrogen (secondary N) is 2. The zero-order chi connectivity index (χ0) is 12.5. The van der Waals surface area contributed by atoms with Gasteiger partial charge in [-0.05, 0) is 19.1 Å². The zero-order valence-electron chi connectivity index (χ0n) is 8.94. The second-order valence-electron chi connectivity index (χ2n) is 3.47. The molecule has 2 N–H and O–H groups in total. The van der Waals surface area contributed by atoms with Crippen molar-refractivity contribution in [1.29, 1.82) is 0 Å². The Labute approximate surface area is 104 Å². The van der Waals surface area contributed by atoms with Crippen LogP contribution in [0.1, 0.15) is 5.69 Å². The second kappa shape index (κ2) is 4.38. The van der Waals surface area contributed by atoms with Crippen molar-refractivity contribution in [2.24, 2.45) is 0 Å². The molecule has 2 rings (SSSR count). The van der Waals surface area contributed by atoms with E-state index in [1.165, 1.54) is 12.1 Å². The van der Waals surface area contributed by atoms with Crippen molar-refractivity contribution in [3.05, 3.63) is 41.0 Å². The molecule has 2 aromatic rings. The van der Waals surface area contributed by atoms with Gasteiger partial charge in [-0.25, -0.2) is 8.42 Å². The normalized spacial score (nSPS) is 11.4. The van der Waals surface area contributed by atoms with Crippen molar-refractivity contribution in [3.8, 4) is 0 Å². The van der Waals surface area contributed by atoms with E-state index < -0.39 is 10.0 Å². The topological polar surface area (TPSA) is 74.8 Å². The van der Waals surface area contributed by atoms with E-state index in [1.807, 2.05) is 0 Å². The van der Waals surface area contributed by atoms with E-state index in [0.717, 1.165) is 5.69 Å². The first kappa shape index (κ1) is 11.9. The standard InChI is InChI=1S/C10H10ClN3O2S/c1-7-6-10(13-12-7)14-17(15,16)9-5-3-2-4-8(9)11/h2-6H,1H3,(H2,12,13,14). The number of aromatic amines is 1. The number of hydrogen-bond acceptors (Lipinski definition) is 3. The van der Waals surface area contributed by atoms with Gasteiger partial charge in [0.05, 0.1) is 5.02 Å². The fraction of sp³-hybridized carbons (Fsp3) is 0.100. The number of H-pyrrole nitrogens is 1. The molecule has 1 aromatic carbocycles. The molecule has 1 aromatic heterocycles. The third-order valence-electron chi connectivity index (χ3n) is 2.07. The summed E-state index contributed by atoms with van der Waals surface area (Å²) in [6, 6.07) is 7.82. The second-order valence-corrected chi connectivity index (χ2v) is 5.53. The number of sulfonamides is 1. The first-order valence-corrected chi connectivity index (χ1v) is 6.64. The highest BCUT2D eigenvalue weighted by Gasteiger charge is 2.18. The van der Waals surface area contributed by atoms with E-state index in [1.54, 1.807) is 25.1 Å². The van der Waals surface area contributed by atoms with Gasteiger partial charge in [0, 0.05) is 11.8 Å². The van der Waals surface area contributed by atoms with E-state index in [4.69, 9.17) is 11.6 Å². The number of aromatic nitrogens is 2. The summed E-state index contributed by atoms with van der Waals surface area (Å²) in [7, 11) is -3.70. The predicted octanol–water partition coefficient (Wildman–Crippen LogP) is 2.17. The van der Waals surface area contributed by atoms with Gasteiger partial charge < -0.3 is 0 Å². The van der Waals surface area contributed by atoms with Crippen LogP contribution >= 0.6 is 11.6 Å². The molecule has 0 fully saturated rings. The van der Waals surface area contributed by atoms with Crippen LogP contribution < -0.4 is 4.72 Å². The number of nitrogens with zero attached hydrogens (tertiary/aromatic N) is 1. The van der Waals surface area contributed by atoms with Gasteiger partial charge in [-0.15, -0.1) is 0 Å². The summed E-state index contributed by atoms with van der Waals surface area (Å²) in [5, 5.41) is 6.62. The maximum absolute atomic E-state index is 12.0. The largest absolute Gasteiger partial charge is 0.281 e. The molecule has 0 amide bonds. The van der Waals surface area contributed by atoms with E-state index >= 15 is 0 Å². The Bertz CT molecular complexity index is 637. The molecule has 0 unspecified atom stereocenters. The first-order valence-electron chi connectivity index (χ1n) is 4.78. The predicted molar refractivity (Wildman–Crippen MR) is 65.6 cm³/mol. The Kier molecular flexibility index (Phi) is 3.08. The first-order chi connectivity index (χ1) is 7.99. The number of aryl methyl sites for hydroxylation is 1. The van der Waals surface area contributed by atoms with Crippen molar-refractivity contribution < 1.29 is 8.42 Å². The molecule has 0 atom stereocenters. The summed E-state index contributed by atoms with van der Waals surface area (Å²) in [5.74, 6) is 0.238. The Hall–Kier alpha value is -1.53. The molecule has 0 aliphatic heterocycles. The molecule has 17 heavy (non-hydrogen) atoms. The van der Waals surface area contributed by atoms with E-state index in [-0.39, 0.29) is 15.7 Å². The minimum absolute atomic E-state index is 0.0299. The highest BCUT2D eigenvalue weighted by Crippen LogP contribution is 2.22. The number of anilines is 1. The molecule has 0 saturated heterocycles. The molecular formula is C10H10ClN3O2S. The Balaban J connectivity index is 2.35. The summed E-state index contributed by atoms with van der Waals surface area (Å²) >= 11 is 5.83. The SMILES string of the molecule is Cc1cc(NS(=O)(=O)c2ccccc2Cl)n[nH]1. The van der Waals surface area contributed by atoms with Crippen LogP contribution in [0.2, 0.25) is 5.02 Å². The summed E-state index contributed by atoms with van der Waals surface area (Å²) in [6.45, 7) is 1.78.